The number of aryl methyl sites for hydroxylation is 1. The van der Waals surface area contributed by atoms with E-state index in [9.17, 15) is 4.79 Å². The van der Waals surface area contributed by atoms with E-state index >= 15 is 0 Å². The lowest BCUT2D eigenvalue weighted by atomic mass is 10.2. The molecule has 3 heterocycles. The van der Waals surface area contributed by atoms with Crippen LogP contribution >= 0.6 is 11.3 Å². The highest BCUT2D eigenvalue weighted by Gasteiger charge is 2.30. The highest BCUT2D eigenvalue weighted by atomic mass is 32.1. The van der Waals surface area contributed by atoms with Crippen molar-refractivity contribution in [3.05, 3.63) is 39.5 Å². The Kier molecular flexibility index (Phi) is 5.11. The van der Waals surface area contributed by atoms with Crippen molar-refractivity contribution in [3.8, 4) is 5.88 Å². The minimum atomic E-state index is -0.367. The molecule has 1 aliphatic heterocycles. The molecule has 0 saturated carbocycles. The number of thiazole rings is 1. The molecule has 1 fully saturated rings. The number of likely N-dealkylation sites (tertiary alicyclic amines) is 1. The Hall–Kier alpha value is -1.99. The van der Waals surface area contributed by atoms with Gasteiger partial charge < -0.3 is 9.47 Å². The first-order valence-corrected chi connectivity index (χ1v) is 8.73. The third-order valence-corrected chi connectivity index (χ3v) is 5.27. The van der Waals surface area contributed by atoms with Crippen LogP contribution < -0.4 is 4.74 Å². The molecule has 0 N–H and O–H groups in total. The maximum atomic E-state index is 11.8. The molecule has 2 aromatic heterocycles. The maximum absolute atomic E-state index is 11.8. The summed E-state index contributed by atoms with van der Waals surface area (Å²) in [5.74, 6) is 0.260. The lowest BCUT2D eigenvalue weighted by Crippen LogP contribution is -2.23. The van der Waals surface area contributed by atoms with E-state index in [-0.39, 0.29) is 12.0 Å². The Morgan fingerprint density at radius 1 is 1.38 bits per heavy atom. The van der Waals surface area contributed by atoms with Crippen molar-refractivity contribution in [1.29, 1.82) is 0 Å². The van der Waals surface area contributed by atoms with E-state index in [0.29, 0.717) is 11.6 Å². The van der Waals surface area contributed by atoms with Crippen LogP contribution in [0.2, 0.25) is 0 Å². The molecule has 0 aromatic carbocycles. The standard InChI is InChI=1S/C17H21N3O3S/c1-11-15(17(21)23-3)19-16(24-11)13-7-5-9-20(13)10-12-6-4-8-14(18-12)22-2/h4,6,8,13H,5,7,9-10H2,1-3H3/t13-/m1/s1. The molecule has 6 nitrogen and oxygen atoms in total. The van der Waals surface area contributed by atoms with E-state index in [1.165, 1.54) is 7.11 Å². The van der Waals surface area contributed by atoms with Gasteiger partial charge in [0.25, 0.3) is 0 Å². The van der Waals surface area contributed by atoms with Gasteiger partial charge in [0.05, 0.1) is 26.0 Å². The number of methoxy groups -OCH3 is 2. The Morgan fingerprint density at radius 2 is 2.21 bits per heavy atom. The summed E-state index contributed by atoms with van der Waals surface area (Å²) in [5, 5.41) is 0.980. The smallest absolute Gasteiger partial charge is 0.357 e. The summed E-state index contributed by atoms with van der Waals surface area (Å²) in [4.78, 5) is 24.1. The van der Waals surface area contributed by atoms with Crippen molar-refractivity contribution in [1.82, 2.24) is 14.9 Å². The van der Waals surface area contributed by atoms with Gasteiger partial charge in [-0.2, -0.15) is 0 Å². The third-order valence-electron chi connectivity index (χ3n) is 4.20. The van der Waals surface area contributed by atoms with E-state index in [4.69, 9.17) is 9.47 Å². The zero-order valence-corrected chi connectivity index (χ0v) is 14.9. The molecule has 7 heteroatoms. The van der Waals surface area contributed by atoms with Crippen LogP contribution in [0, 0.1) is 6.92 Å². The van der Waals surface area contributed by atoms with E-state index in [1.54, 1.807) is 18.4 Å². The van der Waals surface area contributed by atoms with Crippen LogP contribution in [-0.2, 0) is 11.3 Å². The van der Waals surface area contributed by atoms with Gasteiger partial charge in [0.1, 0.15) is 5.01 Å². The number of esters is 1. The molecule has 0 aliphatic carbocycles. The third kappa shape index (κ3) is 3.42. The molecule has 128 valence electrons. The second-order valence-electron chi connectivity index (χ2n) is 5.75. The van der Waals surface area contributed by atoms with Crippen LogP contribution in [0.1, 0.15) is 45.0 Å². The predicted molar refractivity (Wildman–Crippen MR) is 91.4 cm³/mol. The lowest BCUT2D eigenvalue weighted by molar-refractivity contribution is 0.0593. The predicted octanol–water partition coefficient (Wildman–Crippen LogP) is 2.98. The lowest BCUT2D eigenvalue weighted by Gasteiger charge is -2.22. The molecule has 0 amide bonds. The van der Waals surface area contributed by atoms with Gasteiger partial charge in [0, 0.05) is 17.5 Å². The van der Waals surface area contributed by atoms with Crippen molar-refractivity contribution in [2.45, 2.75) is 32.4 Å². The van der Waals surface area contributed by atoms with Gasteiger partial charge in [-0.3, -0.25) is 4.90 Å². The van der Waals surface area contributed by atoms with Gasteiger partial charge in [-0.15, -0.1) is 11.3 Å². The number of carbonyl (C=O) groups excluding carboxylic acids is 1. The monoisotopic (exact) mass is 347 g/mol. The van der Waals surface area contributed by atoms with Crippen LogP contribution in [0.15, 0.2) is 18.2 Å². The molecule has 0 radical (unpaired) electrons. The summed E-state index contributed by atoms with van der Waals surface area (Å²) in [7, 11) is 3.01. The molecule has 1 saturated heterocycles. The van der Waals surface area contributed by atoms with E-state index in [0.717, 1.165) is 41.5 Å². The number of nitrogens with zero attached hydrogens (tertiary/aromatic N) is 3. The van der Waals surface area contributed by atoms with E-state index in [1.807, 2.05) is 25.1 Å². The summed E-state index contributed by atoms with van der Waals surface area (Å²) in [6.07, 6.45) is 2.15. The first-order chi connectivity index (χ1) is 11.6. The number of aromatic nitrogens is 2. The molecule has 3 rings (SSSR count). The quantitative estimate of drug-likeness (QED) is 0.775. The van der Waals surface area contributed by atoms with Crippen molar-refractivity contribution in [2.75, 3.05) is 20.8 Å². The topological polar surface area (TPSA) is 64.5 Å². The summed E-state index contributed by atoms with van der Waals surface area (Å²) in [6, 6.07) is 6.03. The normalized spacial score (nSPS) is 17.9. The largest absolute Gasteiger partial charge is 0.481 e. The first-order valence-electron chi connectivity index (χ1n) is 7.92. The number of rotatable bonds is 5. The Bertz CT molecular complexity index is 732. The van der Waals surface area contributed by atoms with Crippen LogP contribution in [-0.4, -0.2) is 41.6 Å². The van der Waals surface area contributed by atoms with Gasteiger partial charge in [0.2, 0.25) is 5.88 Å². The number of ether oxygens (including phenoxy) is 2. The second kappa shape index (κ2) is 7.27. The van der Waals surface area contributed by atoms with Gasteiger partial charge in [0.15, 0.2) is 5.69 Å². The van der Waals surface area contributed by atoms with Gasteiger partial charge in [-0.05, 0) is 32.4 Å². The fourth-order valence-electron chi connectivity index (χ4n) is 3.01. The molecular weight excluding hydrogens is 326 g/mol. The second-order valence-corrected chi connectivity index (χ2v) is 6.98. The fraction of sp³-hybridized carbons (Fsp3) is 0.471. The van der Waals surface area contributed by atoms with Gasteiger partial charge in [-0.1, -0.05) is 6.07 Å². The maximum Gasteiger partial charge on any atom is 0.357 e. The summed E-state index contributed by atoms with van der Waals surface area (Å²) >= 11 is 1.58. The van der Waals surface area contributed by atoms with Crippen molar-refractivity contribution in [3.63, 3.8) is 0 Å². The highest BCUT2D eigenvalue weighted by Crippen LogP contribution is 2.36. The van der Waals surface area contributed by atoms with Gasteiger partial charge >= 0.3 is 5.97 Å². The molecule has 1 aliphatic rings. The number of pyridine rings is 1. The van der Waals surface area contributed by atoms with E-state index < -0.39 is 0 Å². The minimum Gasteiger partial charge on any atom is -0.481 e. The SMILES string of the molecule is COC(=O)c1nc([C@H]2CCCN2Cc2cccc(OC)n2)sc1C. The minimum absolute atomic E-state index is 0.222. The Morgan fingerprint density at radius 3 is 2.96 bits per heavy atom. The Labute approximate surface area is 145 Å². The Balaban J connectivity index is 1.79. The summed E-state index contributed by atoms with van der Waals surface area (Å²) < 4.78 is 10.0. The zero-order chi connectivity index (χ0) is 17.1. The van der Waals surface area contributed by atoms with Crippen molar-refractivity contribution < 1.29 is 14.3 Å². The zero-order valence-electron chi connectivity index (χ0n) is 14.1. The van der Waals surface area contributed by atoms with Crippen LogP contribution in [0.3, 0.4) is 0 Å². The molecule has 0 unspecified atom stereocenters. The van der Waals surface area contributed by atoms with Gasteiger partial charge in [-0.25, -0.2) is 14.8 Å². The van der Waals surface area contributed by atoms with Crippen LogP contribution in [0.5, 0.6) is 5.88 Å². The van der Waals surface area contributed by atoms with Crippen molar-refractivity contribution in [2.24, 2.45) is 0 Å². The molecule has 2 aromatic rings. The molecule has 24 heavy (non-hydrogen) atoms. The molecule has 0 bridgehead atoms. The van der Waals surface area contributed by atoms with E-state index in [2.05, 4.69) is 14.9 Å². The number of carbonyl (C=O) groups is 1. The summed E-state index contributed by atoms with van der Waals surface area (Å²) in [5.41, 5.74) is 1.41. The first kappa shape index (κ1) is 16.9. The fourth-order valence-corrected chi connectivity index (χ4v) is 4.09. The van der Waals surface area contributed by atoms with Crippen molar-refractivity contribution >= 4 is 17.3 Å². The average Bonchev–Trinajstić information content (AvgIpc) is 3.20. The highest BCUT2D eigenvalue weighted by molar-refractivity contribution is 7.11. The number of hydrogen-bond donors (Lipinski definition) is 0. The summed E-state index contributed by atoms with van der Waals surface area (Å²) in [6.45, 7) is 3.65. The number of hydrogen-bond acceptors (Lipinski definition) is 7. The van der Waals surface area contributed by atoms with Crippen LogP contribution in [0.4, 0.5) is 0 Å². The molecule has 0 spiro atoms. The molecule has 1 atom stereocenters. The average molecular weight is 347 g/mol. The van der Waals surface area contributed by atoms with Crippen LogP contribution in [0.25, 0.3) is 0 Å². The molecular formula is C17H21N3O3S.